The molecule has 0 radical (unpaired) electrons. The molecule has 1 heterocycles. The van der Waals surface area contributed by atoms with Crippen molar-refractivity contribution >= 4 is 17.1 Å². The molecule has 118 valence electrons. The minimum absolute atomic E-state index is 0.224. The van der Waals surface area contributed by atoms with E-state index in [9.17, 15) is 5.11 Å². The van der Waals surface area contributed by atoms with Crippen molar-refractivity contribution in [3.05, 3.63) is 51.3 Å². The highest BCUT2D eigenvalue weighted by Crippen LogP contribution is 2.46. The molecule has 0 spiro atoms. The molecule has 2 aliphatic rings. The lowest BCUT2D eigenvalue weighted by Gasteiger charge is -2.30. The smallest absolute Gasteiger partial charge is 0.117 e. The molecule has 1 atom stereocenters. The van der Waals surface area contributed by atoms with Crippen molar-refractivity contribution in [3.8, 4) is 0 Å². The zero-order valence-corrected chi connectivity index (χ0v) is 14.3. The number of hydrogen-bond acceptors (Lipinski definition) is 3. The van der Waals surface area contributed by atoms with E-state index in [4.69, 9.17) is 5.73 Å². The van der Waals surface area contributed by atoms with Gasteiger partial charge in [0.25, 0.3) is 0 Å². The van der Waals surface area contributed by atoms with Crippen LogP contribution in [-0.4, -0.2) is 11.7 Å². The van der Waals surface area contributed by atoms with Crippen LogP contribution < -0.4 is 5.73 Å². The third kappa shape index (κ3) is 2.80. The van der Waals surface area contributed by atoms with Crippen molar-refractivity contribution in [1.82, 2.24) is 0 Å². The summed E-state index contributed by atoms with van der Waals surface area (Å²) in [5.74, 6) is 0.545. The molecule has 0 bridgehead atoms. The van der Waals surface area contributed by atoms with Gasteiger partial charge in [-0.15, -0.1) is 11.3 Å². The SMILES string of the molecule is C=C(O)c1c(C2C=C(CN)C=CC2)sc2c1CC(C)(C)CC2. The Labute approximate surface area is 137 Å². The van der Waals surface area contributed by atoms with Crippen LogP contribution in [0.15, 0.2) is 30.4 Å². The second-order valence-electron chi connectivity index (χ2n) is 7.22. The highest BCUT2D eigenvalue weighted by atomic mass is 32.1. The number of allylic oxidation sites excluding steroid dienone is 2. The van der Waals surface area contributed by atoms with Gasteiger partial charge in [-0.25, -0.2) is 0 Å². The van der Waals surface area contributed by atoms with Gasteiger partial charge >= 0.3 is 0 Å². The molecule has 22 heavy (non-hydrogen) atoms. The van der Waals surface area contributed by atoms with Gasteiger partial charge in [0.05, 0.1) is 0 Å². The number of aryl methyl sites for hydroxylation is 1. The van der Waals surface area contributed by atoms with Gasteiger partial charge in [-0.05, 0) is 42.2 Å². The summed E-state index contributed by atoms with van der Waals surface area (Å²) in [4.78, 5) is 2.71. The van der Waals surface area contributed by atoms with Gasteiger partial charge < -0.3 is 10.8 Å². The van der Waals surface area contributed by atoms with Gasteiger partial charge in [-0.3, -0.25) is 0 Å². The summed E-state index contributed by atoms with van der Waals surface area (Å²) < 4.78 is 0. The Bertz CT molecular complexity index is 663. The number of rotatable bonds is 3. The van der Waals surface area contributed by atoms with E-state index in [0.717, 1.165) is 24.8 Å². The molecule has 3 rings (SSSR count). The van der Waals surface area contributed by atoms with Crippen LogP contribution in [0.3, 0.4) is 0 Å². The number of fused-ring (bicyclic) bond motifs is 1. The first-order chi connectivity index (χ1) is 10.4. The van der Waals surface area contributed by atoms with Gasteiger partial charge in [-0.1, -0.05) is 38.7 Å². The largest absolute Gasteiger partial charge is 0.508 e. The Morgan fingerprint density at radius 3 is 2.95 bits per heavy atom. The van der Waals surface area contributed by atoms with Crippen LogP contribution in [0, 0.1) is 5.41 Å². The first-order valence-corrected chi connectivity index (χ1v) is 8.83. The zero-order chi connectivity index (χ0) is 15.9. The van der Waals surface area contributed by atoms with Crippen LogP contribution in [0.25, 0.3) is 5.76 Å². The van der Waals surface area contributed by atoms with Crippen LogP contribution in [0.2, 0.25) is 0 Å². The van der Waals surface area contributed by atoms with Crippen molar-refractivity contribution in [1.29, 1.82) is 0 Å². The number of hydrogen-bond donors (Lipinski definition) is 2. The minimum Gasteiger partial charge on any atom is -0.508 e. The monoisotopic (exact) mass is 315 g/mol. The summed E-state index contributed by atoms with van der Waals surface area (Å²) in [5.41, 5.74) is 9.62. The van der Waals surface area contributed by atoms with Gasteiger partial charge in [0.1, 0.15) is 5.76 Å². The zero-order valence-electron chi connectivity index (χ0n) is 13.5. The van der Waals surface area contributed by atoms with E-state index in [0.29, 0.717) is 17.9 Å². The summed E-state index contributed by atoms with van der Waals surface area (Å²) in [6, 6.07) is 0. The predicted molar refractivity (Wildman–Crippen MR) is 95.4 cm³/mol. The van der Waals surface area contributed by atoms with E-state index < -0.39 is 0 Å². The maximum atomic E-state index is 10.2. The first kappa shape index (κ1) is 15.6. The second-order valence-corrected chi connectivity index (χ2v) is 8.36. The first-order valence-electron chi connectivity index (χ1n) is 8.01. The lowest BCUT2D eigenvalue weighted by Crippen LogP contribution is -2.21. The minimum atomic E-state index is 0.224. The van der Waals surface area contributed by atoms with Crippen molar-refractivity contribution in [2.45, 2.75) is 45.4 Å². The molecule has 2 aliphatic carbocycles. The fourth-order valence-corrected chi connectivity index (χ4v) is 5.01. The third-order valence-electron chi connectivity index (χ3n) is 4.80. The summed E-state index contributed by atoms with van der Waals surface area (Å²) in [6.07, 6.45) is 10.9. The molecule has 0 amide bonds. The molecule has 1 unspecified atom stereocenters. The lowest BCUT2D eigenvalue weighted by molar-refractivity contribution is 0.317. The van der Waals surface area contributed by atoms with Crippen molar-refractivity contribution < 1.29 is 5.11 Å². The second kappa shape index (κ2) is 5.71. The molecular weight excluding hydrogens is 290 g/mol. The Hall–Kier alpha value is -1.32. The van der Waals surface area contributed by atoms with Crippen molar-refractivity contribution in [3.63, 3.8) is 0 Å². The van der Waals surface area contributed by atoms with E-state index in [2.05, 4.69) is 38.7 Å². The van der Waals surface area contributed by atoms with Gasteiger partial charge in [0, 0.05) is 27.8 Å². The molecule has 0 aliphatic heterocycles. The fraction of sp³-hybridized carbons (Fsp3) is 0.474. The van der Waals surface area contributed by atoms with E-state index in [1.165, 1.54) is 27.3 Å². The van der Waals surface area contributed by atoms with Crippen molar-refractivity contribution in [2.75, 3.05) is 6.54 Å². The fourth-order valence-electron chi connectivity index (χ4n) is 3.59. The maximum absolute atomic E-state index is 10.2. The molecule has 0 aromatic carbocycles. The van der Waals surface area contributed by atoms with E-state index >= 15 is 0 Å². The molecule has 2 nitrogen and oxygen atoms in total. The predicted octanol–water partition coefficient (Wildman–Crippen LogP) is 4.72. The van der Waals surface area contributed by atoms with Gasteiger partial charge in [0.2, 0.25) is 0 Å². The molecule has 0 saturated heterocycles. The summed E-state index contributed by atoms with van der Waals surface area (Å²) in [6.45, 7) is 9.04. The summed E-state index contributed by atoms with van der Waals surface area (Å²) in [7, 11) is 0. The van der Waals surface area contributed by atoms with E-state index in [1.54, 1.807) is 0 Å². The van der Waals surface area contributed by atoms with E-state index in [-0.39, 0.29) is 5.76 Å². The number of thiophene rings is 1. The molecule has 0 fully saturated rings. The number of nitrogens with two attached hydrogens (primary N) is 1. The van der Waals surface area contributed by atoms with Crippen LogP contribution in [0.5, 0.6) is 0 Å². The van der Waals surface area contributed by atoms with Crippen LogP contribution in [-0.2, 0) is 12.8 Å². The standard InChI is InChI=1S/C19H25NOS/c1-12(21)17-15-10-19(2,3)8-7-16(15)22-18(17)14-6-4-5-13(9-14)11-20/h4-5,9,14,21H,1,6-8,10-11,20H2,2-3H3. The average molecular weight is 315 g/mol. The number of aliphatic hydroxyl groups excluding tert-OH is 1. The molecule has 0 saturated carbocycles. The lowest BCUT2D eigenvalue weighted by atomic mass is 9.75. The third-order valence-corrected chi connectivity index (χ3v) is 6.22. The van der Waals surface area contributed by atoms with Crippen LogP contribution in [0.1, 0.15) is 53.5 Å². The topological polar surface area (TPSA) is 46.2 Å². The van der Waals surface area contributed by atoms with Gasteiger partial charge in [-0.2, -0.15) is 0 Å². The highest BCUT2D eigenvalue weighted by molar-refractivity contribution is 7.12. The average Bonchev–Trinajstić information content (AvgIpc) is 2.84. The van der Waals surface area contributed by atoms with Crippen LogP contribution >= 0.6 is 11.3 Å². The molecule has 1 aromatic rings. The van der Waals surface area contributed by atoms with Crippen LogP contribution in [0.4, 0.5) is 0 Å². The summed E-state index contributed by atoms with van der Waals surface area (Å²) in [5, 5.41) is 10.2. The van der Waals surface area contributed by atoms with E-state index in [1.807, 2.05) is 11.3 Å². The Kier molecular flexibility index (Phi) is 4.04. The normalized spacial score (nSPS) is 23.0. The van der Waals surface area contributed by atoms with Crippen molar-refractivity contribution in [2.24, 2.45) is 11.1 Å². The highest BCUT2D eigenvalue weighted by Gasteiger charge is 2.32. The number of aliphatic hydroxyl groups is 1. The molecule has 3 N–H and O–H groups in total. The molecular formula is C19H25NOS. The Balaban J connectivity index is 2.06. The molecule has 3 heteroatoms. The molecule has 1 aromatic heterocycles. The Morgan fingerprint density at radius 2 is 2.27 bits per heavy atom. The quantitative estimate of drug-likeness (QED) is 0.793. The Morgan fingerprint density at radius 1 is 1.50 bits per heavy atom. The van der Waals surface area contributed by atoms with Gasteiger partial charge in [0.15, 0.2) is 0 Å². The summed E-state index contributed by atoms with van der Waals surface area (Å²) >= 11 is 1.87. The maximum Gasteiger partial charge on any atom is 0.117 e.